The number of rotatable bonds is 11. The first-order valence-electron chi connectivity index (χ1n) is 47.4. The number of para-hydroxylation sites is 6. The summed E-state index contributed by atoms with van der Waals surface area (Å²) in [6.45, 7) is 27.1. The zero-order valence-corrected chi connectivity index (χ0v) is 78.2. The van der Waals surface area contributed by atoms with Crippen LogP contribution in [0.1, 0.15) is 170 Å². The number of nitrogens with zero attached hydrogens (tertiary/aromatic N) is 5. The minimum absolute atomic E-state index is 0. The topological polar surface area (TPSA) is 16.2 Å². The lowest BCUT2D eigenvalue weighted by Crippen LogP contribution is -2.36. The number of aryl methyl sites for hydroxylation is 3. The van der Waals surface area contributed by atoms with Gasteiger partial charge in [-0.15, -0.1) is 0 Å². The summed E-state index contributed by atoms with van der Waals surface area (Å²) in [6.07, 6.45) is 0. The zero-order valence-electron chi connectivity index (χ0n) is 78.2. The molecule has 0 amide bonds. The maximum absolute atomic E-state index is 2.58. The second kappa shape index (κ2) is 35.3. The molecule has 20 aromatic carbocycles. The van der Waals surface area contributed by atoms with Gasteiger partial charge >= 0.3 is 0 Å². The zero-order chi connectivity index (χ0) is 91.3. The predicted molar refractivity (Wildman–Crippen MR) is 595 cm³/mol. The molecule has 0 radical (unpaired) electrons. The van der Waals surface area contributed by atoms with Crippen LogP contribution < -0.4 is 24.5 Å². The molecule has 0 saturated heterocycles. The van der Waals surface area contributed by atoms with Gasteiger partial charge in [0.2, 0.25) is 0 Å². The van der Waals surface area contributed by atoms with Gasteiger partial charge in [0.25, 0.3) is 0 Å². The van der Waals surface area contributed by atoms with Crippen molar-refractivity contribution in [2.75, 3.05) is 24.5 Å². The molecule has 2 spiro atoms. The van der Waals surface area contributed by atoms with Gasteiger partial charge in [-0.05, 0) is 287 Å². The molecule has 138 heavy (non-hydrogen) atoms. The summed E-state index contributed by atoms with van der Waals surface area (Å²) in [5.41, 5.74) is 38.9. The minimum atomic E-state index is -0.787. The van der Waals surface area contributed by atoms with E-state index in [0.717, 1.165) is 68.2 Å². The summed E-state index contributed by atoms with van der Waals surface area (Å²) in [7, 11) is 0. The molecule has 5 heteroatoms. The first kappa shape index (κ1) is 91.6. The third-order valence-electron chi connectivity index (χ3n) is 28.9. The standard InChI is InChI=1S/C73H63N3.C56H44N2.4CH4/c1-48-30-38-53(39-31-48)74(55-42-34-50(35-43-55)71(3,4)5)67-46-63-69(59-24-14-12-22-57(59)67)70-60-25-15-13-23-58(60)68(75(54-40-32-49(2)33-41-54)56-44-36-51(37-45-56)72(6,7)8)47-64(70)73(63)61-26-16-18-28-65(61)76(52-20-10-9-11-21-52)66-29-19-17-27-62(66)73;1-37-26-31-41(32-27-37)57(42-33-29-39(30-34-42)55(2,3)4)52-36-49-54(45-21-11-10-20-44(45)52)53-43-19-9-8-16-38(43)28-35-48(53)56(49)46-22-12-14-24-50(46)58(40-17-6-5-7-18-40)51-25-15-13-23-47(51)56;;;;/h9-47H,1-8H3;5-36H,1-4H3;4*1H4. The Morgan fingerprint density at radius 3 is 0.703 bits per heavy atom. The van der Waals surface area contributed by atoms with Gasteiger partial charge in [0.05, 0.1) is 50.6 Å². The average Bonchev–Trinajstić information content (AvgIpc) is 1.49. The fraction of sp³-hybridized carbons (Fsp3) is 0.158. The van der Waals surface area contributed by atoms with E-state index in [1.165, 1.54) is 160 Å². The van der Waals surface area contributed by atoms with Crippen molar-refractivity contribution in [3.63, 3.8) is 0 Å². The lowest BCUT2D eigenvalue weighted by atomic mass is 9.64. The van der Waals surface area contributed by atoms with Crippen molar-refractivity contribution >= 4 is 128 Å². The Balaban J connectivity index is 0.000000177. The third-order valence-corrected chi connectivity index (χ3v) is 28.9. The molecule has 0 atom stereocenters. The highest BCUT2D eigenvalue weighted by atomic mass is 15.2. The number of hydrogen-bond donors (Lipinski definition) is 0. The van der Waals surface area contributed by atoms with Gasteiger partial charge in [-0.2, -0.15) is 0 Å². The average molecular weight is 1790 g/mol. The Labute approximate surface area is 817 Å². The van der Waals surface area contributed by atoms with Crippen LogP contribution in [0.2, 0.25) is 0 Å². The molecule has 0 aromatic heterocycles. The van der Waals surface area contributed by atoms with Crippen molar-refractivity contribution in [3.05, 3.63) is 509 Å². The molecule has 2 heterocycles. The summed E-state index contributed by atoms with van der Waals surface area (Å²) in [5.74, 6) is 0. The Hall–Kier alpha value is -15.6. The molecule has 0 bridgehead atoms. The maximum Gasteiger partial charge on any atom is 0.0756 e. The van der Waals surface area contributed by atoms with E-state index in [4.69, 9.17) is 0 Å². The van der Waals surface area contributed by atoms with Crippen molar-refractivity contribution in [1.82, 2.24) is 0 Å². The first-order chi connectivity index (χ1) is 65.1. The van der Waals surface area contributed by atoms with E-state index in [-0.39, 0.29) is 46.0 Å². The molecule has 4 aliphatic rings. The molecular formula is C133H123N5. The fourth-order valence-electron chi connectivity index (χ4n) is 22.5. The van der Waals surface area contributed by atoms with E-state index in [1.54, 1.807) is 0 Å². The number of benzene rings is 20. The molecule has 680 valence electrons. The van der Waals surface area contributed by atoms with Crippen LogP contribution in [0.5, 0.6) is 0 Å². The summed E-state index contributed by atoms with van der Waals surface area (Å²) in [6, 6.07) is 162. The van der Waals surface area contributed by atoms with Gasteiger partial charge in [0.15, 0.2) is 0 Å². The highest BCUT2D eigenvalue weighted by molar-refractivity contribution is 6.21. The second-order valence-electron chi connectivity index (χ2n) is 40.1. The number of hydrogen-bond acceptors (Lipinski definition) is 5. The number of fused-ring (bicyclic) bond motifs is 26. The first-order valence-corrected chi connectivity index (χ1v) is 47.4. The Morgan fingerprint density at radius 1 is 0.196 bits per heavy atom. The van der Waals surface area contributed by atoms with Gasteiger partial charge in [-0.3, -0.25) is 0 Å². The lowest BCUT2D eigenvalue weighted by Gasteiger charge is -2.45. The summed E-state index contributed by atoms with van der Waals surface area (Å²) < 4.78 is 0. The van der Waals surface area contributed by atoms with E-state index in [9.17, 15) is 0 Å². The predicted octanol–water partition coefficient (Wildman–Crippen LogP) is 38.1. The molecule has 0 unspecified atom stereocenters. The van der Waals surface area contributed by atoms with Gasteiger partial charge in [-0.25, -0.2) is 0 Å². The van der Waals surface area contributed by atoms with E-state index >= 15 is 0 Å². The van der Waals surface area contributed by atoms with Crippen LogP contribution in [-0.2, 0) is 27.1 Å². The summed E-state index contributed by atoms with van der Waals surface area (Å²) in [5, 5.41) is 9.86. The Bertz CT molecular complexity index is 7700. The van der Waals surface area contributed by atoms with Crippen LogP contribution >= 0.6 is 0 Å². The maximum atomic E-state index is 2.58. The van der Waals surface area contributed by atoms with Crippen molar-refractivity contribution in [2.24, 2.45) is 0 Å². The van der Waals surface area contributed by atoms with Crippen LogP contribution in [0.25, 0.3) is 65.3 Å². The van der Waals surface area contributed by atoms with Crippen LogP contribution in [0.4, 0.5) is 85.3 Å². The molecule has 20 aromatic rings. The molecule has 2 aliphatic heterocycles. The summed E-state index contributed by atoms with van der Waals surface area (Å²) in [4.78, 5) is 12.5. The Kier molecular flexibility index (Phi) is 23.4. The molecule has 24 rings (SSSR count). The monoisotopic (exact) mass is 1790 g/mol. The van der Waals surface area contributed by atoms with Gasteiger partial charge in [0.1, 0.15) is 0 Å². The Morgan fingerprint density at radius 2 is 0.420 bits per heavy atom. The van der Waals surface area contributed by atoms with E-state index < -0.39 is 10.8 Å². The minimum Gasteiger partial charge on any atom is -0.310 e. The molecule has 0 fully saturated rings. The van der Waals surface area contributed by atoms with Crippen molar-refractivity contribution in [3.8, 4) is 22.3 Å². The van der Waals surface area contributed by atoms with E-state index in [1.807, 2.05) is 0 Å². The smallest absolute Gasteiger partial charge is 0.0756 e. The van der Waals surface area contributed by atoms with Crippen LogP contribution in [0, 0.1) is 20.8 Å². The number of anilines is 15. The summed E-state index contributed by atoms with van der Waals surface area (Å²) >= 11 is 0. The molecule has 0 saturated carbocycles. The van der Waals surface area contributed by atoms with Crippen LogP contribution in [0.15, 0.2) is 431 Å². The van der Waals surface area contributed by atoms with Crippen LogP contribution in [0.3, 0.4) is 0 Å². The second-order valence-corrected chi connectivity index (χ2v) is 40.1. The molecular weight excluding hydrogens is 1670 g/mol. The quantitative estimate of drug-likeness (QED) is 0.128. The van der Waals surface area contributed by atoms with Crippen molar-refractivity contribution in [2.45, 2.75) is 140 Å². The van der Waals surface area contributed by atoms with Crippen LogP contribution in [-0.4, -0.2) is 0 Å². The molecule has 2 aliphatic carbocycles. The van der Waals surface area contributed by atoms with Crippen molar-refractivity contribution in [1.29, 1.82) is 0 Å². The van der Waals surface area contributed by atoms with Gasteiger partial charge in [-0.1, -0.05) is 400 Å². The highest BCUT2D eigenvalue weighted by Crippen LogP contribution is 2.70. The normalized spacial score (nSPS) is 13.1. The largest absolute Gasteiger partial charge is 0.310 e. The van der Waals surface area contributed by atoms with E-state index in [2.05, 4.69) is 538 Å². The van der Waals surface area contributed by atoms with Gasteiger partial charge < -0.3 is 24.5 Å². The molecule has 5 nitrogen and oxygen atoms in total. The SMILES string of the molecule is C.C.C.C.Cc1ccc(N(c2ccc(C(C)(C)C)cc2)c2cc3c(c4ccccc24)-c2c(cc(N(c4ccc(C)cc4)c4ccc(C(C)(C)C)cc4)c4ccccc24)C32c3ccccc3N(c3ccccc3)c3ccccc32)cc1.Cc1ccc(N(c2ccc(C(C)(C)C)cc2)c2cc3c(c4ccccc24)-c2c(ccc4ccccc24)C32c3ccccc3N(c3ccccc3)c3ccccc32)cc1. The van der Waals surface area contributed by atoms with Gasteiger partial charge in [0, 0.05) is 61.7 Å². The molecule has 0 N–H and O–H groups in total. The highest BCUT2D eigenvalue weighted by Gasteiger charge is 2.56. The van der Waals surface area contributed by atoms with Crippen molar-refractivity contribution < 1.29 is 0 Å². The third kappa shape index (κ3) is 14.6. The van der Waals surface area contributed by atoms with E-state index in [0.29, 0.717) is 0 Å². The lowest BCUT2D eigenvalue weighted by molar-refractivity contribution is 0.590. The fourth-order valence-corrected chi connectivity index (χ4v) is 22.5.